The molecule has 0 aliphatic heterocycles. The van der Waals surface area contributed by atoms with Gasteiger partial charge in [0.05, 0.1) is 22.8 Å². The fourth-order valence-electron chi connectivity index (χ4n) is 1.63. The van der Waals surface area contributed by atoms with E-state index >= 15 is 0 Å². The van der Waals surface area contributed by atoms with Crippen LogP contribution in [0.25, 0.3) is 0 Å². The van der Waals surface area contributed by atoms with Crippen LogP contribution in [0.3, 0.4) is 0 Å². The summed E-state index contributed by atoms with van der Waals surface area (Å²) < 4.78 is 1.77. The Labute approximate surface area is 111 Å². The molecule has 1 aromatic carbocycles. The van der Waals surface area contributed by atoms with Gasteiger partial charge in [-0.05, 0) is 25.1 Å². The van der Waals surface area contributed by atoms with Crippen LogP contribution in [0, 0.1) is 6.92 Å². The highest BCUT2D eigenvalue weighted by molar-refractivity contribution is 6.33. The van der Waals surface area contributed by atoms with Crippen molar-refractivity contribution in [2.24, 2.45) is 7.05 Å². The first kappa shape index (κ1) is 12.6. The van der Waals surface area contributed by atoms with Crippen LogP contribution in [0.5, 0.6) is 0 Å². The summed E-state index contributed by atoms with van der Waals surface area (Å²) in [5, 5.41) is 7.52. The van der Waals surface area contributed by atoms with Crippen LogP contribution in [0.2, 0.25) is 5.02 Å². The maximum Gasteiger partial charge on any atom is 0.253 e. The smallest absolute Gasteiger partial charge is 0.253 e. The third-order valence-corrected chi connectivity index (χ3v) is 3.04. The van der Waals surface area contributed by atoms with E-state index in [2.05, 4.69) is 10.4 Å². The molecule has 0 aliphatic rings. The Kier molecular flexibility index (Phi) is 3.67. The predicted octanol–water partition coefficient (Wildman–Crippen LogP) is 2.31. The van der Waals surface area contributed by atoms with Crippen molar-refractivity contribution in [2.45, 2.75) is 13.5 Å². The van der Waals surface area contributed by atoms with Crippen molar-refractivity contribution in [3.8, 4) is 0 Å². The summed E-state index contributed by atoms with van der Waals surface area (Å²) in [4.78, 5) is 11.9. The molecule has 0 saturated carbocycles. The fourth-order valence-corrected chi connectivity index (χ4v) is 1.85. The summed E-state index contributed by atoms with van der Waals surface area (Å²) in [7, 11) is 1.87. The van der Waals surface area contributed by atoms with E-state index in [0.717, 1.165) is 11.4 Å². The van der Waals surface area contributed by atoms with Crippen molar-refractivity contribution in [1.29, 1.82) is 0 Å². The summed E-state index contributed by atoms with van der Waals surface area (Å²) in [6, 6.07) is 8.91. The molecule has 5 heteroatoms. The molecule has 0 aliphatic carbocycles. The normalized spacial score (nSPS) is 10.4. The molecule has 2 rings (SSSR count). The summed E-state index contributed by atoms with van der Waals surface area (Å²) in [5.74, 6) is -0.191. The summed E-state index contributed by atoms with van der Waals surface area (Å²) in [6.45, 7) is 2.36. The highest BCUT2D eigenvalue weighted by Gasteiger charge is 2.09. The van der Waals surface area contributed by atoms with Crippen molar-refractivity contribution in [1.82, 2.24) is 15.1 Å². The standard InChI is InChI=1S/C13H14ClN3O/c1-9-7-10(16-17(9)2)8-15-13(18)11-5-3-4-6-12(11)14/h3-7H,8H2,1-2H3,(H,15,18). The minimum absolute atomic E-state index is 0.191. The Morgan fingerprint density at radius 2 is 2.17 bits per heavy atom. The third kappa shape index (κ3) is 2.71. The largest absolute Gasteiger partial charge is 0.346 e. The SMILES string of the molecule is Cc1cc(CNC(=O)c2ccccc2Cl)nn1C. The van der Waals surface area contributed by atoms with E-state index in [-0.39, 0.29) is 5.91 Å². The predicted molar refractivity (Wildman–Crippen MR) is 70.6 cm³/mol. The molecule has 0 saturated heterocycles. The van der Waals surface area contributed by atoms with Gasteiger partial charge in [-0.2, -0.15) is 5.10 Å². The van der Waals surface area contributed by atoms with Crippen molar-refractivity contribution in [2.75, 3.05) is 0 Å². The highest BCUT2D eigenvalue weighted by atomic mass is 35.5. The number of carbonyl (C=O) groups is 1. The van der Waals surface area contributed by atoms with Crippen LogP contribution in [-0.4, -0.2) is 15.7 Å². The van der Waals surface area contributed by atoms with Crippen molar-refractivity contribution < 1.29 is 4.79 Å². The van der Waals surface area contributed by atoms with Gasteiger partial charge in [0.2, 0.25) is 0 Å². The molecule has 0 atom stereocenters. The average Bonchev–Trinajstić information content (AvgIpc) is 2.66. The van der Waals surface area contributed by atoms with Crippen LogP contribution >= 0.6 is 11.6 Å². The van der Waals surface area contributed by atoms with Crippen LogP contribution in [0.1, 0.15) is 21.7 Å². The zero-order valence-electron chi connectivity index (χ0n) is 10.3. The second-order valence-corrected chi connectivity index (χ2v) is 4.47. The molecule has 2 aromatic rings. The number of aryl methyl sites for hydroxylation is 2. The van der Waals surface area contributed by atoms with E-state index in [4.69, 9.17) is 11.6 Å². The zero-order chi connectivity index (χ0) is 13.1. The minimum atomic E-state index is -0.191. The summed E-state index contributed by atoms with van der Waals surface area (Å²) in [6.07, 6.45) is 0. The monoisotopic (exact) mass is 263 g/mol. The van der Waals surface area contributed by atoms with Gasteiger partial charge in [0.1, 0.15) is 0 Å². The molecule has 18 heavy (non-hydrogen) atoms. The molecular formula is C13H14ClN3O. The van der Waals surface area contributed by atoms with E-state index in [1.165, 1.54) is 0 Å². The van der Waals surface area contributed by atoms with E-state index < -0.39 is 0 Å². The van der Waals surface area contributed by atoms with Gasteiger partial charge in [-0.3, -0.25) is 9.48 Å². The lowest BCUT2D eigenvalue weighted by molar-refractivity contribution is 0.0950. The molecule has 0 unspecified atom stereocenters. The fraction of sp³-hybridized carbons (Fsp3) is 0.231. The number of nitrogens with zero attached hydrogens (tertiary/aromatic N) is 2. The van der Waals surface area contributed by atoms with Crippen LogP contribution < -0.4 is 5.32 Å². The van der Waals surface area contributed by atoms with E-state index in [1.54, 1.807) is 28.9 Å². The number of carbonyl (C=O) groups excluding carboxylic acids is 1. The average molecular weight is 264 g/mol. The molecule has 1 N–H and O–H groups in total. The highest BCUT2D eigenvalue weighted by Crippen LogP contribution is 2.14. The number of rotatable bonds is 3. The van der Waals surface area contributed by atoms with E-state index in [0.29, 0.717) is 17.1 Å². The first-order chi connectivity index (χ1) is 8.58. The van der Waals surface area contributed by atoms with Gasteiger partial charge in [-0.15, -0.1) is 0 Å². The number of nitrogens with one attached hydrogen (secondary N) is 1. The van der Waals surface area contributed by atoms with Crippen molar-refractivity contribution in [3.05, 3.63) is 52.3 Å². The van der Waals surface area contributed by atoms with Crippen molar-refractivity contribution >= 4 is 17.5 Å². The number of halogens is 1. The number of aromatic nitrogens is 2. The first-order valence-corrected chi connectivity index (χ1v) is 5.98. The Balaban J connectivity index is 2.03. The maximum atomic E-state index is 11.9. The van der Waals surface area contributed by atoms with Crippen molar-refractivity contribution in [3.63, 3.8) is 0 Å². The molecular weight excluding hydrogens is 250 g/mol. The Hall–Kier alpha value is -1.81. The van der Waals surface area contributed by atoms with Crippen LogP contribution in [-0.2, 0) is 13.6 Å². The zero-order valence-corrected chi connectivity index (χ0v) is 11.0. The maximum absolute atomic E-state index is 11.9. The Morgan fingerprint density at radius 3 is 2.78 bits per heavy atom. The number of hydrogen-bond donors (Lipinski definition) is 1. The molecule has 1 heterocycles. The molecule has 94 valence electrons. The van der Waals surface area contributed by atoms with E-state index in [1.807, 2.05) is 20.0 Å². The van der Waals surface area contributed by atoms with Gasteiger partial charge >= 0.3 is 0 Å². The molecule has 0 fully saturated rings. The molecule has 0 spiro atoms. The number of hydrogen-bond acceptors (Lipinski definition) is 2. The van der Waals surface area contributed by atoms with Gasteiger partial charge in [-0.25, -0.2) is 0 Å². The second kappa shape index (κ2) is 5.23. The summed E-state index contributed by atoms with van der Waals surface area (Å²) >= 11 is 5.95. The number of amides is 1. The Bertz CT molecular complexity index is 558. The topological polar surface area (TPSA) is 46.9 Å². The summed E-state index contributed by atoms with van der Waals surface area (Å²) in [5.41, 5.74) is 2.36. The lowest BCUT2D eigenvalue weighted by Gasteiger charge is -2.04. The Morgan fingerprint density at radius 1 is 1.44 bits per heavy atom. The van der Waals surface area contributed by atoms with Gasteiger partial charge in [0, 0.05) is 12.7 Å². The lowest BCUT2D eigenvalue weighted by Crippen LogP contribution is -2.23. The third-order valence-electron chi connectivity index (χ3n) is 2.71. The lowest BCUT2D eigenvalue weighted by atomic mass is 10.2. The van der Waals surface area contributed by atoms with Crippen LogP contribution in [0.4, 0.5) is 0 Å². The van der Waals surface area contributed by atoms with Gasteiger partial charge < -0.3 is 5.32 Å². The van der Waals surface area contributed by atoms with Gasteiger partial charge in [0.25, 0.3) is 5.91 Å². The number of benzene rings is 1. The molecule has 4 nitrogen and oxygen atoms in total. The van der Waals surface area contributed by atoms with Gasteiger partial charge in [-0.1, -0.05) is 23.7 Å². The molecule has 0 bridgehead atoms. The van der Waals surface area contributed by atoms with E-state index in [9.17, 15) is 4.79 Å². The van der Waals surface area contributed by atoms with Gasteiger partial charge in [0.15, 0.2) is 0 Å². The quantitative estimate of drug-likeness (QED) is 0.924. The second-order valence-electron chi connectivity index (χ2n) is 4.06. The van der Waals surface area contributed by atoms with Crippen LogP contribution in [0.15, 0.2) is 30.3 Å². The molecule has 1 aromatic heterocycles. The minimum Gasteiger partial charge on any atom is -0.346 e. The molecule has 1 amide bonds. The molecule has 0 radical (unpaired) electrons. The first-order valence-electron chi connectivity index (χ1n) is 5.60.